The van der Waals surface area contributed by atoms with Crippen LogP contribution < -0.4 is 0 Å². The fraction of sp³-hybridized carbons (Fsp3) is 0.222. The Morgan fingerprint density at radius 2 is 1.54 bits per heavy atom. The minimum absolute atomic E-state index is 0.167. The van der Waals surface area contributed by atoms with Gasteiger partial charge < -0.3 is 4.79 Å². The first-order valence-corrected chi connectivity index (χ1v) is 3.93. The van der Waals surface area contributed by atoms with E-state index in [4.69, 9.17) is 0 Å². The summed E-state index contributed by atoms with van der Waals surface area (Å²) < 4.78 is 0. The molecule has 0 aliphatic rings. The van der Waals surface area contributed by atoms with Crippen LogP contribution in [0.2, 0.25) is 0 Å². The second-order valence-electron chi connectivity index (χ2n) is 2.72. The van der Waals surface area contributed by atoms with E-state index in [0.29, 0.717) is 0 Å². The lowest BCUT2D eigenvalue weighted by Crippen LogP contribution is -1.69. The first-order valence-electron chi connectivity index (χ1n) is 3.93. The van der Waals surface area contributed by atoms with Crippen LogP contribution in [0.15, 0.2) is 24.3 Å². The topological polar surface area (TPSA) is 58.6 Å². The molecule has 0 spiro atoms. The molecule has 0 aliphatic carbocycles. The number of Topliss-reactive ketones (excluding diaryl/α,β-unsaturated/α-hetero) is 1. The van der Waals surface area contributed by atoms with E-state index in [2.05, 4.69) is 15.4 Å². The van der Waals surface area contributed by atoms with Gasteiger partial charge >= 0.3 is 0 Å². The van der Waals surface area contributed by atoms with E-state index < -0.39 is 0 Å². The number of para-hydroxylation sites is 2. The number of hydrogen-bond acceptors (Lipinski definition) is 3. The highest BCUT2D eigenvalue weighted by Gasteiger charge is 1.90. The average molecular weight is 177 g/mol. The summed E-state index contributed by atoms with van der Waals surface area (Å²) in [5, 5.41) is 10.3. The number of aromatic nitrogens is 3. The number of rotatable bonds is 0. The Balaban J connectivity index is 0.000000184. The van der Waals surface area contributed by atoms with Crippen LogP contribution in [0.5, 0.6) is 0 Å². The van der Waals surface area contributed by atoms with Crippen LogP contribution in [0.4, 0.5) is 0 Å². The first kappa shape index (κ1) is 9.38. The number of carbonyl (C=O) groups excluding carboxylic acids is 1. The Hall–Kier alpha value is -1.71. The number of ketones is 1. The van der Waals surface area contributed by atoms with Crippen molar-refractivity contribution in [3.63, 3.8) is 0 Å². The van der Waals surface area contributed by atoms with Crippen molar-refractivity contribution >= 4 is 16.8 Å². The zero-order chi connectivity index (χ0) is 9.68. The Kier molecular flexibility index (Phi) is 3.14. The molecule has 1 aromatic heterocycles. The molecule has 0 unspecified atom stereocenters. The summed E-state index contributed by atoms with van der Waals surface area (Å²) in [6, 6.07) is 7.70. The minimum Gasteiger partial charge on any atom is -0.300 e. The Bertz CT molecular complexity index is 360. The van der Waals surface area contributed by atoms with Gasteiger partial charge in [-0.1, -0.05) is 12.1 Å². The van der Waals surface area contributed by atoms with E-state index in [1.54, 1.807) is 0 Å². The molecule has 0 saturated heterocycles. The molecule has 0 radical (unpaired) electrons. The van der Waals surface area contributed by atoms with Crippen LogP contribution in [-0.2, 0) is 4.79 Å². The highest BCUT2D eigenvalue weighted by Crippen LogP contribution is 2.03. The molecule has 4 nitrogen and oxygen atoms in total. The molecule has 2 rings (SSSR count). The molecule has 1 aromatic carbocycles. The molecular weight excluding hydrogens is 166 g/mol. The van der Waals surface area contributed by atoms with Gasteiger partial charge in [0.2, 0.25) is 0 Å². The van der Waals surface area contributed by atoms with Crippen LogP contribution in [-0.4, -0.2) is 21.2 Å². The number of hydrogen-bond donors (Lipinski definition) is 1. The van der Waals surface area contributed by atoms with Gasteiger partial charge in [0.15, 0.2) is 0 Å². The van der Waals surface area contributed by atoms with Gasteiger partial charge in [-0.25, -0.2) is 0 Å². The summed E-state index contributed by atoms with van der Waals surface area (Å²) in [6.45, 7) is 3.06. The lowest BCUT2D eigenvalue weighted by molar-refractivity contribution is -0.114. The summed E-state index contributed by atoms with van der Waals surface area (Å²) in [5.41, 5.74) is 1.83. The van der Waals surface area contributed by atoms with Gasteiger partial charge in [-0.15, -0.1) is 0 Å². The van der Waals surface area contributed by atoms with Crippen molar-refractivity contribution in [1.82, 2.24) is 15.4 Å². The second-order valence-corrected chi connectivity index (χ2v) is 2.72. The van der Waals surface area contributed by atoms with Gasteiger partial charge in [0.1, 0.15) is 16.8 Å². The fourth-order valence-corrected chi connectivity index (χ4v) is 0.786. The highest BCUT2D eigenvalue weighted by atomic mass is 16.1. The van der Waals surface area contributed by atoms with E-state index in [1.165, 1.54) is 13.8 Å². The van der Waals surface area contributed by atoms with Crippen molar-refractivity contribution in [3.05, 3.63) is 24.3 Å². The summed E-state index contributed by atoms with van der Waals surface area (Å²) in [7, 11) is 0. The Labute approximate surface area is 76.0 Å². The van der Waals surface area contributed by atoms with Crippen LogP contribution in [0, 0.1) is 0 Å². The third kappa shape index (κ3) is 3.02. The molecule has 0 saturated carbocycles. The molecule has 13 heavy (non-hydrogen) atoms. The Morgan fingerprint density at radius 1 is 1.15 bits per heavy atom. The average Bonchev–Trinajstić information content (AvgIpc) is 2.49. The molecular formula is C9H11N3O. The molecule has 2 aromatic rings. The van der Waals surface area contributed by atoms with Gasteiger partial charge in [0.05, 0.1) is 0 Å². The maximum atomic E-state index is 9.44. The van der Waals surface area contributed by atoms with Gasteiger partial charge in [0.25, 0.3) is 0 Å². The van der Waals surface area contributed by atoms with Crippen LogP contribution in [0.25, 0.3) is 11.0 Å². The minimum atomic E-state index is 0.167. The fourth-order valence-electron chi connectivity index (χ4n) is 0.786. The van der Waals surface area contributed by atoms with Crippen molar-refractivity contribution in [3.8, 4) is 0 Å². The molecule has 0 fully saturated rings. The van der Waals surface area contributed by atoms with Gasteiger partial charge in [-0.05, 0) is 26.0 Å². The largest absolute Gasteiger partial charge is 0.300 e. The van der Waals surface area contributed by atoms with Gasteiger partial charge in [-0.3, -0.25) is 0 Å². The summed E-state index contributed by atoms with van der Waals surface area (Å²) >= 11 is 0. The normalized spacial score (nSPS) is 9.08. The maximum absolute atomic E-state index is 9.44. The van der Waals surface area contributed by atoms with Crippen molar-refractivity contribution in [2.24, 2.45) is 0 Å². The SMILES string of the molecule is CC(C)=O.c1ccc2n[nH]nc2c1. The van der Waals surface area contributed by atoms with E-state index in [9.17, 15) is 4.79 Å². The third-order valence-corrected chi connectivity index (χ3v) is 1.22. The van der Waals surface area contributed by atoms with Gasteiger partial charge in [0, 0.05) is 0 Å². The predicted molar refractivity (Wildman–Crippen MR) is 50.2 cm³/mol. The van der Waals surface area contributed by atoms with Crippen molar-refractivity contribution in [2.75, 3.05) is 0 Å². The van der Waals surface area contributed by atoms with E-state index in [1.807, 2.05) is 24.3 Å². The van der Waals surface area contributed by atoms with Crippen molar-refractivity contribution in [1.29, 1.82) is 0 Å². The van der Waals surface area contributed by atoms with Crippen LogP contribution >= 0.6 is 0 Å². The predicted octanol–water partition coefficient (Wildman–Crippen LogP) is 1.55. The van der Waals surface area contributed by atoms with E-state index in [-0.39, 0.29) is 5.78 Å². The number of nitrogens with one attached hydrogen (secondary N) is 1. The molecule has 68 valence electrons. The maximum Gasteiger partial charge on any atom is 0.126 e. The molecule has 4 heteroatoms. The number of nitrogens with zero attached hydrogens (tertiary/aromatic N) is 2. The van der Waals surface area contributed by atoms with E-state index in [0.717, 1.165) is 11.0 Å². The Morgan fingerprint density at radius 3 is 1.92 bits per heavy atom. The monoisotopic (exact) mass is 177 g/mol. The summed E-state index contributed by atoms with van der Waals surface area (Å²) in [4.78, 5) is 9.44. The zero-order valence-electron chi connectivity index (χ0n) is 7.61. The standard InChI is InChI=1S/C6H5N3.C3H6O/c1-2-4-6-5(3-1)7-9-8-6;1-3(2)4/h1-4H,(H,7,8,9);1-2H3. The molecule has 0 atom stereocenters. The lowest BCUT2D eigenvalue weighted by Gasteiger charge is -1.78. The zero-order valence-corrected chi connectivity index (χ0v) is 7.61. The first-order chi connectivity index (χ1) is 6.20. The number of fused-ring (bicyclic) bond motifs is 1. The molecule has 0 amide bonds. The third-order valence-electron chi connectivity index (χ3n) is 1.22. The molecule has 0 aliphatic heterocycles. The van der Waals surface area contributed by atoms with Crippen molar-refractivity contribution < 1.29 is 4.79 Å². The number of benzene rings is 1. The van der Waals surface area contributed by atoms with Crippen LogP contribution in [0.3, 0.4) is 0 Å². The second kappa shape index (κ2) is 4.35. The lowest BCUT2D eigenvalue weighted by atomic mass is 10.3. The molecule has 1 N–H and O–H groups in total. The number of H-pyrrole nitrogens is 1. The smallest absolute Gasteiger partial charge is 0.126 e. The molecule has 0 bridgehead atoms. The summed E-state index contributed by atoms with van der Waals surface area (Å²) in [6.07, 6.45) is 0. The number of aromatic amines is 1. The number of carbonyl (C=O) groups is 1. The van der Waals surface area contributed by atoms with Crippen molar-refractivity contribution in [2.45, 2.75) is 13.8 Å². The van der Waals surface area contributed by atoms with E-state index >= 15 is 0 Å². The van der Waals surface area contributed by atoms with Gasteiger partial charge in [-0.2, -0.15) is 15.4 Å². The molecule has 1 heterocycles. The van der Waals surface area contributed by atoms with Crippen LogP contribution in [0.1, 0.15) is 13.8 Å². The quantitative estimate of drug-likeness (QED) is 0.664. The summed E-state index contributed by atoms with van der Waals surface area (Å²) in [5.74, 6) is 0.167. The highest BCUT2D eigenvalue weighted by molar-refractivity contribution is 5.72.